The Balaban J connectivity index is 1.61. The molecule has 38 heavy (non-hydrogen) atoms. The van der Waals surface area contributed by atoms with Crippen molar-refractivity contribution in [3.63, 3.8) is 0 Å². The maximum Gasteiger partial charge on any atom is 0.408 e. The van der Waals surface area contributed by atoms with Crippen LogP contribution in [0, 0.1) is 0 Å². The van der Waals surface area contributed by atoms with Crippen molar-refractivity contribution in [2.45, 2.75) is 56.5 Å². The molecule has 0 radical (unpaired) electrons. The van der Waals surface area contributed by atoms with Gasteiger partial charge in [0.2, 0.25) is 17.7 Å². The second-order valence-corrected chi connectivity index (χ2v) is 9.09. The number of methoxy groups -OCH3 is 1. The van der Waals surface area contributed by atoms with Gasteiger partial charge in [-0.3, -0.25) is 14.4 Å². The highest BCUT2D eigenvalue weighted by Crippen LogP contribution is 2.25. The Hall–Kier alpha value is -3.71. The second-order valence-electron chi connectivity index (χ2n) is 9.09. The first-order valence-corrected chi connectivity index (χ1v) is 12.5. The molecular weight excluding hydrogens is 500 g/mol. The van der Waals surface area contributed by atoms with Crippen LogP contribution >= 0.6 is 0 Å². The summed E-state index contributed by atoms with van der Waals surface area (Å²) in [5.41, 5.74) is 0.751. The highest BCUT2D eigenvalue weighted by molar-refractivity contribution is 5.95. The molecule has 4 N–H and O–H groups in total. The number of rotatable bonds is 10. The van der Waals surface area contributed by atoms with Crippen LogP contribution in [0.1, 0.15) is 31.2 Å². The first-order valence-electron chi connectivity index (χ1n) is 12.5. The SMILES string of the molecule is COC(=O)C(CO)NC(=O)C1CCCN1C(=O)C1CCCN1C(=O)C(CO)NC(=O)OCc1ccccc1. The third-order valence-electron chi connectivity index (χ3n) is 6.63. The molecule has 13 heteroatoms. The van der Waals surface area contributed by atoms with Gasteiger partial charge in [0.15, 0.2) is 6.04 Å². The van der Waals surface area contributed by atoms with E-state index in [4.69, 9.17) is 4.74 Å². The number of nitrogens with zero attached hydrogens (tertiary/aromatic N) is 2. The maximum atomic E-state index is 13.5. The first-order chi connectivity index (χ1) is 18.3. The zero-order valence-electron chi connectivity index (χ0n) is 21.2. The van der Waals surface area contributed by atoms with E-state index in [2.05, 4.69) is 15.4 Å². The number of aliphatic hydroxyl groups excluding tert-OH is 2. The van der Waals surface area contributed by atoms with Crippen LogP contribution in [-0.2, 0) is 35.3 Å². The van der Waals surface area contributed by atoms with E-state index in [-0.39, 0.29) is 19.7 Å². The summed E-state index contributed by atoms with van der Waals surface area (Å²) in [4.78, 5) is 66.1. The van der Waals surface area contributed by atoms with Gasteiger partial charge in [0.25, 0.3) is 0 Å². The highest BCUT2D eigenvalue weighted by atomic mass is 16.5. The summed E-state index contributed by atoms with van der Waals surface area (Å²) in [7, 11) is 1.13. The molecule has 13 nitrogen and oxygen atoms in total. The standard InChI is InChI=1S/C25H34N4O9/c1-37-24(35)18(14-31)26-21(32)19-9-5-11-28(19)23(34)20-10-6-12-29(20)22(33)17(13-30)27-25(36)38-15-16-7-3-2-4-8-16/h2-4,7-8,17-20,30-31H,5-6,9-15H2,1H3,(H,26,32)(H,27,36). The number of esters is 1. The minimum absolute atomic E-state index is 0.0185. The van der Waals surface area contributed by atoms with Crippen LogP contribution in [0.2, 0.25) is 0 Å². The molecule has 2 fully saturated rings. The molecule has 208 valence electrons. The Labute approximate surface area is 220 Å². The number of carbonyl (C=O) groups excluding carboxylic acids is 5. The molecule has 0 saturated carbocycles. The van der Waals surface area contributed by atoms with Gasteiger partial charge in [-0.15, -0.1) is 0 Å². The molecule has 0 spiro atoms. The number of aliphatic hydroxyl groups is 2. The topological polar surface area (TPSA) is 175 Å². The third-order valence-corrected chi connectivity index (χ3v) is 6.63. The molecule has 2 aliphatic rings. The molecule has 0 bridgehead atoms. The number of benzene rings is 1. The molecule has 0 aromatic heterocycles. The molecular formula is C25H34N4O9. The third kappa shape index (κ3) is 6.98. The number of alkyl carbamates (subject to hydrolysis) is 1. The molecule has 2 saturated heterocycles. The average molecular weight is 535 g/mol. The summed E-state index contributed by atoms with van der Waals surface area (Å²) >= 11 is 0. The summed E-state index contributed by atoms with van der Waals surface area (Å²) in [6.45, 7) is -0.846. The largest absolute Gasteiger partial charge is 0.467 e. The van der Waals surface area contributed by atoms with Gasteiger partial charge in [-0.1, -0.05) is 30.3 Å². The summed E-state index contributed by atoms with van der Waals surface area (Å²) in [6.07, 6.45) is 0.890. The fourth-order valence-corrected chi connectivity index (χ4v) is 4.66. The van der Waals surface area contributed by atoms with E-state index in [0.29, 0.717) is 25.7 Å². The van der Waals surface area contributed by atoms with Crippen molar-refractivity contribution < 1.29 is 43.7 Å². The zero-order valence-corrected chi connectivity index (χ0v) is 21.2. The number of likely N-dealkylation sites (tertiary alicyclic amines) is 2. The van der Waals surface area contributed by atoms with Crippen LogP contribution in [0.4, 0.5) is 4.79 Å². The molecule has 1 aromatic carbocycles. The van der Waals surface area contributed by atoms with Crippen LogP contribution in [-0.4, -0.2) is 107 Å². The van der Waals surface area contributed by atoms with Gasteiger partial charge < -0.3 is 40.1 Å². The minimum Gasteiger partial charge on any atom is -0.467 e. The number of amides is 4. The Morgan fingerprint density at radius 1 is 0.921 bits per heavy atom. The Morgan fingerprint density at radius 3 is 2.18 bits per heavy atom. The summed E-state index contributed by atoms with van der Waals surface area (Å²) in [5.74, 6) is -2.48. The molecule has 2 aliphatic heterocycles. The van der Waals surface area contributed by atoms with Gasteiger partial charge in [0, 0.05) is 13.1 Å². The predicted molar refractivity (Wildman–Crippen MR) is 131 cm³/mol. The van der Waals surface area contributed by atoms with Crippen LogP contribution in [0.25, 0.3) is 0 Å². The number of carbonyl (C=O) groups is 5. The van der Waals surface area contributed by atoms with Crippen LogP contribution in [0.3, 0.4) is 0 Å². The van der Waals surface area contributed by atoms with Crippen LogP contribution in [0.15, 0.2) is 30.3 Å². The van der Waals surface area contributed by atoms with E-state index >= 15 is 0 Å². The van der Waals surface area contributed by atoms with Gasteiger partial charge in [0.1, 0.15) is 24.7 Å². The van der Waals surface area contributed by atoms with E-state index in [0.717, 1.165) is 12.7 Å². The lowest BCUT2D eigenvalue weighted by Gasteiger charge is -2.32. The van der Waals surface area contributed by atoms with E-state index in [1.807, 2.05) is 6.07 Å². The Morgan fingerprint density at radius 2 is 1.55 bits per heavy atom. The molecule has 1 aromatic rings. The normalized spacial score (nSPS) is 20.4. The molecule has 4 amide bonds. The van der Waals surface area contributed by atoms with Crippen molar-refractivity contribution in [1.29, 1.82) is 0 Å². The van der Waals surface area contributed by atoms with Crippen molar-refractivity contribution in [2.24, 2.45) is 0 Å². The van der Waals surface area contributed by atoms with Crippen molar-refractivity contribution in [1.82, 2.24) is 20.4 Å². The van der Waals surface area contributed by atoms with E-state index in [1.54, 1.807) is 24.3 Å². The second kappa shape index (κ2) is 13.7. The smallest absolute Gasteiger partial charge is 0.408 e. The van der Waals surface area contributed by atoms with Gasteiger partial charge >= 0.3 is 12.1 Å². The lowest BCUT2D eigenvalue weighted by atomic mass is 10.1. The zero-order chi connectivity index (χ0) is 27.7. The average Bonchev–Trinajstić information content (AvgIpc) is 3.63. The predicted octanol–water partition coefficient (Wildman–Crippen LogP) is -1.09. The molecule has 0 aliphatic carbocycles. The van der Waals surface area contributed by atoms with Crippen molar-refractivity contribution in [3.8, 4) is 0 Å². The van der Waals surface area contributed by atoms with Crippen molar-refractivity contribution in [3.05, 3.63) is 35.9 Å². The van der Waals surface area contributed by atoms with E-state index in [1.165, 1.54) is 9.80 Å². The lowest BCUT2D eigenvalue weighted by Crippen LogP contribution is -2.58. The summed E-state index contributed by atoms with van der Waals surface area (Å²) in [6, 6.07) is 4.63. The van der Waals surface area contributed by atoms with E-state index < -0.39 is 67.2 Å². The number of hydrogen-bond acceptors (Lipinski definition) is 9. The Bertz CT molecular complexity index is 1010. The molecule has 4 unspecified atom stereocenters. The van der Waals surface area contributed by atoms with Crippen LogP contribution < -0.4 is 10.6 Å². The highest BCUT2D eigenvalue weighted by Gasteiger charge is 2.44. The van der Waals surface area contributed by atoms with Gasteiger partial charge in [0.05, 0.1) is 20.3 Å². The fraction of sp³-hybridized carbons (Fsp3) is 0.560. The first kappa shape index (κ1) is 28.9. The van der Waals surface area contributed by atoms with Gasteiger partial charge in [-0.05, 0) is 31.2 Å². The molecule has 2 heterocycles. The summed E-state index contributed by atoms with van der Waals surface area (Å²) in [5, 5.41) is 23.9. The summed E-state index contributed by atoms with van der Waals surface area (Å²) < 4.78 is 9.70. The minimum atomic E-state index is -1.31. The van der Waals surface area contributed by atoms with E-state index in [9.17, 15) is 34.2 Å². The van der Waals surface area contributed by atoms with Crippen molar-refractivity contribution >= 4 is 29.8 Å². The lowest BCUT2D eigenvalue weighted by molar-refractivity contribution is -0.149. The number of ether oxygens (including phenoxy) is 2. The fourth-order valence-electron chi connectivity index (χ4n) is 4.66. The molecule has 4 atom stereocenters. The monoisotopic (exact) mass is 534 g/mol. The Kier molecular flexibility index (Phi) is 10.4. The quantitative estimate of drug-likeness (QED) is 0.272. The number of nitrogens with one attached hydrogen (secondary N) is 2. The van der Waals surface area contributed by atoms with Gasteiger partial charge in [-0.2, -0.15) is 0 Å². The number of hydrogen-bond donors (Lipinski definition) is 4. The van der Waals surface area contributed by atoms with Crippen LogP contribution in [0.5, 0.6) is 0 Å². The van der Waals surface area contributed by atoms with Gasteiger partial charge in [-0.25, -0.2) is 9.59 Å². The van der Waals surface area contributed by atoms with Crippen molar-refractivity contribution in [2.75, 3.05) is 33.4 Å². The maximum absolute atomic E-state index is 13.5. The molecule has 3 rings (SSSR count).